The highest BCUT2D eigenvalue weighted by Gasteiger charge is 2.32. The monoisotopic (exact) mass is 672 g/mol. The van der Waals surface area contributed by atoms with Gasteiger partial charge in [0.1, 0.15) is 12.4 Å². The van der Waals surface area contributed by atoms with Crippen LogP contribution in [0.2, 0.25) is 5.02 Å². The van der Waals surface area contributed by atoms with E-state index in [0.717, 1.165) is 35.5 Å². The quantitative estimate of drug-likeness (QED) is 0.218. The van der Waals surface area contributed by atoms with E-state index in [9.17, 15) is 4.79 Å². The Labute approximate surface area is 211 Å². The summed E-state index contributed by atoms with van der Waals surface area (Å²) in [5, 5.41) is 4.84. The van der Waals surface area contributed by atoms with Crippen LogP contribution in [-0.4, -0.2) is 27.7 Å². The molecule has 1 aliphatic heterocycles. The average Bonchev–Trinajstić information content (AvgIpc) is 3.08. The second-order valence-corrected chi connectivity index (χ2v) is 12.7. The molecular weight excluding hydrogens is 654 g/mol. The zero-order chi connectivity index (χ0) is 20.9. The fourth-order valence-corrected chi connectivity index (χ4v) is 7.78. The smallest absolute Gasteiger partial charge is 0.242 e. The van der Waals surface area contributed by atoms with E-state index in [0.29, 0.717) is 18.1 Å². The van der Waals surface area contributed by atoms with Crippen molar-refractivity contribution in [2.24, 2.45) is 5.10 Å². The van der Waals surface area contributed by atoms with E-state index in [1.807, 2.05) is 59.9 Å². The maximum atomic E-state index is 12.1. The number of hydrogen-bond acceptors (Lipinski definition) is 5. The minimum atomic E-state index is -0.0574. The van der Waals surface area contributed by atoms with Gasteiger partial charge in [0.15, 0.2) is 0 Å². The van der Waals surface area contributed by atoms with Gasteiger partial charge in [0, 0.05) is 16.5 Å². The van der Waals surface area contributed by atoms with Crippen molar-refractivity contribution in [3.05, 3.63) is 59.7 Å². The zero-order valence-corrected chi connectivity index (χ0v) is 22.3. The molecule has 1 fully saturated rings. The van der Waals surface area contributed by atoms with Crippen molar-refractivity contribution in [3.8, 4) is 5.75 Å². The van der Waals surface area contributed by atoms with E-state index in [4.69, 9.17) is 16.3 Å². The van der Waals surface area contributed by atoms with E-state index >= 15 is 0 Å². The van der Waals surface area contributed by atoms with Crippen LogP contribution in [0.25, 0.3) is 0 Å². The Balaban J connectivity index is 1.57. The van der Waals surface area contributed by atoms with E-state index < -0.39 is 0 Å². The van der Waals surface area contributed by atoms with Crippen molar-refractivity contribution in [1.82, 2.24) is 5.43 Å². The number of thioether (sulfide) groups is 2. The lowest BCUT2D eigenvalue weighted by Gasteiger charge is -2.19. The summed E-state index contributed by atoms with van der Waals surface area (Å²) in [6.07, 6.45) is 2.13. The van der Waals surface area contributed by atoms with Gasteiger partial charge in [-0.3, -0.25) is 4.79 Å². The number of hydrazone groups is 1. The Bertz CT molecular complexity index is 881. The molecule has 0 aromatic heterocycles. The molecule has 1 amide bonds. The van der Waals surface area contributed by atoms with Gasteiger partial charge in [-0.25, -0.2) is 5.43 Å². The molecule has 0 bridgehead atoms. The minimum Gasteiger partial charge on any atom is -0.487 e. The van der Waals surface area contributed by atoms with Crippen molar-refractivity contribution in [2.45, 2.75) is 24.0 Å². The van der Waals surface area contributed by atoms with Crippen LogP contribution in [0, 0.1) is 7.14 Å². The number of halogens is 3. The summed E-state index contributed by atoms with van der Waals surface area (Å²) in [5.74, 6) is 2.98. The molecule has 0 atom stereocenters. The predicted molar refractivity (Wildman–Crippen MR) is 141 cm³/mol. The standard InChI is InChI=1S/C20H19ClI2N2O2S2/c1-20(28-6-7-29-20)10-18(26)25-24-11-14-8-16(22)19(17(23)9-14)27-12-13-2-4-15(21)5-3-13/h2-5,8-9,11H,6-7,10,12H2,1H3,(H,25,26)/b24-11-. The summed E-state index contributed by atoms with van der Waals surface area (Å²) in [5.41, 5.74) is 4.61. The highest BCUT2D eigenvalue weighted by molar-refractivity contribution is 14.1. The van der Waals surface area contributed by atoms with Crippen LogP contribution in [0.15, 0.2) is 41.5 Å². The number of hydrogen-bond donors (Lipinski definition) is 1. The zero-order valence-electron chi connectivity index (χ0n) is 15.6. The Hall–Kier alpha value is -0.170. The maximum Gasteiger partial charge on any atom is 0.242 e. The van der Waals surface area contributed by atoms with Crippen LogP contribution in [0.5, 0.6) is 5.75 Å². The summed E-state index contributed by atoms with van der Waals surface area (Å²) < 4.78 is 7.94. The molecule has 0 saturated carbocycles. The Kier molecular flexibility index (Phi) is 8.85. The number of ether oxygens (including phenoxy) is 1. The van der Waals surface area contributed by atoms with E-state index in [1.165, 1.54) is 0 Å². The third-order valence-electron chi connectivity index (χ3n) is 4.10. The maximum absolute atomic E-state index is 12.1. The molecule has 4 nitrogen and oxygen atoms in total. The van der Waals surface area contributed by atoms with Gasteiger partial charge in [-0.1, -0.05) is 23.7 Å². The van der Waals surface area contributed by atoms with Crippen molar-refractivity contribution < 1.29 is 9.53 Å². The summed E-state index contributed by atoms with van der Waals surface area (Å²) >= 11 is 14.1. The first kappa shape index (κ1) is 23.5. The minimum absolute atomic E-state index is 0.0343. The molecule has 1 N–H and O–H groups in total. The molecule has 154 valence electrons. The number of benzene rings is 2. The van der Waals surface area contributed by atoms with Gasteiger partial charge in [-0.2, -0.15) is 5.10 Å². The number of carbonyl (C=O) groups excluding carboxylic acids is 1. The molecule has 1 aliphatic rings. The number of amides is 1. The third kappa shape index (κ3) is 7.19. The fraction of sp³-hybridized carbons (Fsp3) is 0.300. The molecule has 1 saturated heterocycles. The summed E-state index contributed by atoms with van der Waals surface area (Å²) in [7, 11) is 0. The summed E-state index contributed by atoms with van der Waals surface area (Å²) in [6.45, 7) is 2.59. The van der Waals surface area contributed by atoms with Crippen molar-refractivity contribution in [2.75, 3.05) is 11.5 Å². The molecule has 29 heavy (non-hydrogen) atoms. The molecule has 0 unspecified atom stereocenters. The van der Waals surface area contributed by atoms with Gasteiger partial charge in [-0.15, -0.1) is 23.5 Å². The van der Waals surface area contributed by atoms with Gasteiger partial charge in [0.2, 0.25) is 5.91 Å². The largest absolute Gasteiger partial charge is 0.487 e. The van der Waals surface area contributed by atoms with Crippen molar-refractivity contribution in [3.63, 3.8) is 0 Å². The lowest BCUT2D eigenvalue weighted by Crippen LogP contribution is -2.26. The van der Waals surface area contributed by atoms with Gasteiger partial charge in [0.05, 0.1) is 23.9 Å². The van der Waals surface area contributed by atoms with Crippen LogP contribution in [-0.2, 0) is 11.4 Å². The fourth-order valence-electron chi connectivity index (χ4n) is 2.70. The molecule has 0 spiro atoms. The van der Waals surface area contributed by atoms with Crippen molar-refractivity contribution in [1.29, 1.82) is 0 Å². The molecule has 2 aromatic carbocycles. The van der Waals surface area contributed by atoms with Crippen LogP contribution < -0.4 is 10.2 Å². The van der Waals surface area contributed by atoms with Gasteiger partial charge >= 0.3 is 0 Å². The van der Waals surface area contributed by atoms with Crippen LogP contribution in [0.1, 0.15) is 24.5 Å². The Morgan fingerprint density at radius 1 is 1.24 bits per heavy atom. The molecular formula is C20H19ClI2N2O2S2. The predicted octanol–water partition coefficient (Wildman–Crippen LogP) is 6.16. The second kappa shape index (κ2) is 10.9. The molecule has 3 rings (SSSR count). The first-order valence-electron chi connectivity index (χ1n) is 8.81. The third-order valence-corrected chi connectivity index (χ3v) is 9.25. The SMILES string of the molecule is CC1(CC(=O)N/N=C\c2cc(I)c(OCc3ccc(Cl)cc3)c(I)c2)SCCS1. The van der Waals surface area contributed by atoms with E-state index in [-0.39, 0.29) is 9.99 Å². The number of carbonyl (C=O) groups is 1. The van der Waals surface area contributed by atoms with Crippen LogP contribution in [0.4, 0.5) is 0 Å². The van der Waals surface area contributed by atoms with Crippen molar-refractivity contribution >= 4 is 92.4 Å². The van der Waals surface area contributed by atoms with E-state index in [2.05, 4.69) is 62.6 Å². The Morgan fingerprint density at radius 2 is 1.86 bits per heavy atom. The highest BCUT2D eigenvalue weighted by atomic mass is 127. The topological polar surface area (TPSA) is 50.7 Å². The lowest BCUT2D eigenvalue weighted by molar-refractivity contribution is -0.121. The molecule has 1 heterocycles. The molecule has 0 aliphatic carbocycles. The number of nitrogens with one attached hydrogen (secondary N) is 1. The number of rotatable bonds is 7. The normalized spacial score (nSPS) is 15.6. The molecule has 0 radical (unpaired) electrons. The lowest BCUT2D eigenvalue weighted by atomic mass is 10.2. The Morgan fingerprint density at radius 3 is 2.48 bits per heavy atom. The van der Waals surface area contributed by atoms with Gasteiger partial charge in [-0.05, 0) is 87.5 Å². The summed E-state index contributed by atoms with van der Waals surface area (Å²) in [4.78, 5) is 12.1. The van der Waals surface area contributed by atoms with Crippen LogP contribution in [0.3, 0.4) is 0 Å². The van der Waals surface area contributed by atoms with Crippen LogP contribution >= 0.6 is 80.3 Å². The first-order chi connectivity index (χ1) is 13.8. The summed E-state index contributed by atoms with van der Waals surface area (Å²) in [6, 6.07) is 11.6. The van der Waals surface area contributed by atoms with Gasteiger partial charge < -0.3 is 4.74 Å². The van der Waals surface area contributed by atoms with E-state index in [1.54, 1.807) is 6.21 Å². The first-order valence-corrected chi connectivity index (χ1v) is 13.3. The molecule has 9 heteroatoms. The second-order valence-electron chi connectivity index (χ2n) is 6.53. The molecule has 2 aromatic rings. The average molecular weight is 673 g/mol. The van der Waals surface area contributed by atoms with Gasteiger partial charge in [0.25, 0.3) is 0 Å². The highest BCUT2D eigenvalue weighted by Crippen LogP contribution is 2.45. The number of nitrogens with zero attached hydrogens (tertiary/aromatic N) is 1.